The van der Waals surface area contributed by atoms with Crippen molar-refractivity contribution in [2.45, 2.75) is 13.5 Å². The number of nitrogens with one attached hydrogen (secondary N) is 1. The second kappa shape index (κ2) is 9.86. The summed E-state index contributed by atoms with van der Waals surface area (Å²) in [5, 5.41) is 10.2. The Balaban J connectivity index is 2.16. The summed E-state index contributed by atoms with van der Waals surface area (Å²) < 4.78 is 0. The van der Waals surface area contributed by atoms with Gasteiger partial charge in [0.15, 0.2) is 5.71 Å². The molecule has 0 radical (unpaired) electrons. The van der Waals surface area contributed by atoms with Crippen LogP contribution in [0.25, 0.3) is 0 Å². The summed E-state index contributed by atoms with van der Waals surface area (Å²) in [6.07, 6.45) is 0. The molecule has 2 rings (SSSR count). The van der Waals surface area contributed by atoms with Gasteiger partial charge in [0.2, 0.25) is 5.78 Å². The lowest BCUT2D eigenvalue weighted by atomic mass is 10.0. The van der Waals surface area contributed by atoms with Crippen molar-refractivity contribution in [3.8, 4) is 0 Å². The standard InChI is InChI=1S/C20H21N3O4/c1-14(19(24)15-9-5-4-6-10-15)22-27-13-16-11-7-8-12-17(16)18(23-26-3)20(25)21-2/h4-12H,13H2,1-3H3,(H,21,25). The third-order valence-corrected chi connectivity index (χ3v) is 3.68. The van der Waals surface area contributed by atoms with Gasteiger partial charge in [-0.15, -0.1) is 0 Å². The molecular formula is C20H21N3O4. The lowest BCUT2D eigenvalue weighted by Gasteiger charge is -2.10. The summed E-state index contributed by atoms with van der Waals surface area (Å²) in [6, 6.07) is 15.9. The quantitative estimate of drug-likeness (QED) is 0.441. The molecule has 1 amide bonds. The van der Waals surface area contributed by atoms with Gasteiger partial charge in [0.25, 0.3) is 5.91 Å². The lowest BCUT2D eigenvalue weighted by molar-refractivity contribution is -0.114. The van der Waals surface area contributed by atoms with Crippen LogP contribution in [0.2, 0.25) is 0 Å². The number of hydrogen-bond donors (Lipinski definition) is 1. The normalized spacial score (nSPS) is 11.7. The van der Waals surface area contributed by atoms with Gasteiger partial charge in [-0.25, -0.2) is 0 Å². The number of rotatable bonds is 8. The zero-order chi connectivity index (χ0) is 19.6. The highest BCUT2D eigenvalue weighted by atomic mass is 16.6. The van der Waals surface area contributed by atoms with E-state index in [1.807, 2.05) is 12.1 Å². The molecule has 1 N–H and O–H groups in total. The van der Waals surface area contributed by atoms with Crippen molar-refractivity contribution in [3.63, 3.8) is 0 Å². The molecule has 0 bridgehead atoms. The fourth-order valence-corrected chi connectivity index (χ4v) is 2.34. The van der Waals surface area contributed by atoms with Gasteiger partial charge < -0.3 is 15.0 Å². The van der Waals surface area contributed by atoms with Crippen molar-refractivity contribution in [2.75, 3.05) is 14.2 Å². The van der Waals surface area contributed by atoms with Gasteiger partial charge in [-0.3, -0.25) is 9.59 Å². The predicted octanol–water partition coefficient (Wildman–Crippen LogP) is 2.56. The smallest absolute Gasteiger partial charge is 0.273 e. The number of likely N-dealkylation sites (N-methyl/N-ethyl adjacent to an activating group) is 1. The minimum atomic E-state index is -0.386. The summed E-state index contributed by atoms with van der Waals surface area (Å²) in [5.74, 6) is -0.598. The van der Waals surface area contributed by atoms with Crippen LogP contribution in [-0.2, 0) is 21.1 Å². The van der Waals surface area contributed by atoms with Crippen molar-refractivity contribution >= 4 is 23.1 Å². The topological polar surface area (TPSA) is 89.3 Å². The van der Waals surface area contributed by atoms with Crippen molar-refractivity contribution in [3.05, 3.63) is 71.3 Å². The van der Waals surface area contributed by atoms with Gasteiger partial charge in [0, 0.05) is 23.7 Å². The summed E-state index contributed by atoms with van der Waals surface area (Å²) in [7, 11) is 2.88. The molecule has 140 valence electrons. The maximum absolute atomic E-state index is 12.3. The van der Waals surface area contributed by atoms with Gasteiger partial charge in [0.1, 0.15) is 19.4 Å². The maximum atomic E-state index is 12.3. The number of ketones is 1. The zero-order valence-corrected chi connectivity index (χ0v) is 15.4. The summed E-state index contributed by atoms with van der Waals surface area (Å²) in [6.45, 7) is 1.65. The molecule has 0 saturated carbocycles. The molecule has 0 spiro atoms. The Bertz CT molecular complexity index is 861. The fourth-order valence-electron chi connectivity index (χ4n) is 2.34. The minimum Gasteiger partial charge on any atom is -0.398 e. The van der Waals surface area contributed by atoms with E-state index in [1.54, 1.807) is 49.4 Å². The summed E-state index contributed by atoms with van der Waals surface area (Å²) >= 11 is 0. The molecule has 0 atom stereocenters. The van der Waals surface area contributed by atoms with Crippen LogP contribution in [0.15, 0.2) is 64.9 Å². The fraction of sp³-hybridized carbons (Fsp3) is 0.200. The SMILES string of the molecule is CNC(=O)C(=NOC)c1ccccc1CON=C(C)C(=O)c1ccccc1. The molecule has 0 heterocycles. The van der Waals surface area contributed by atoms with E-state index >= 15 is 0 Å². The van der Waals surface area contributed by atoms with E-state index in [4.69, 9.17) is 9.68 Å². The Hall–Kier alpha value is -3.48. The lowest BCUT2D eigenvalue weighted by Crippen LogP contribution is -2.29. The Morgan fingerprint density at radius 2 is 1.67 bits per heavy atom. The number of Topliss-reactive ketones (excluding diaryl/α,β-unsaturated/α-hetero) is 1. The van der Waals surface area contributed by atoms with E-state index in [0.717, 1.165) is 0 Å². The van der Waals surface area contributed by atoms with Crippen molar-refractivity contribution in [1.29, 1.82) is 0 Å². The van der Waals surface area contributed by atoms with Crippen LogP contribution < -0.4 is 5.32 Å². The van der Waals surface area contributed by atoms with Crippen molar-refractivity contribution < 1.29 is 19.3 Å². The molecule has 0 fully saturated rings. The molecule has 0 aliphatic heterocycles. The number of hydrogen-bond acceptors (Lipinski definition) is 6. The summed E-state index contributed by atoms with van der Waals surface area (Å²) in [5.41, 5.74) is 2.13. The predicted molar refractivity (Wildman–Crippen MR) is 103 cm³/mol. The number of benzene rings is 2. The number of carbonyl (C=O) groups is 2. The monoisotopic (exact) mass is 367 g/mol. The van der Waals surface area contributed by atoms with Crippen molar-refractivity contribution in [2.24, 2.45) is 10.3 Å². The van der Waals surface area contributed by atoms with E-state index in [9.17, 15) is 9.59 Å². The number of amides is 1. The highest BCUT2D eigenvalue weighted by molar-refractivity contribution is 6.45. The van der Waals surface area contributed by atoms with Crippen molar-refractivity contribution in [1.82, 2.24) is 5.32 Å². The van der Waals surface area contributed by atoms with E-state index in [1.165, 1.54) is 14.2 Å². The highest BCUT2D eigenvalue weighted by Crippen LogP contribution is 2.13. The van der Waals surface area contributed by atoms with Gasteiger partial charge in [-0.2, -0.15) is 0 Å². The third-order valence-electron chi connectivity index (χ3n) is 3.68. The van der Waals surface area contributed by atoms with Crippen LogP contribution in [0.3, 0.4) is 0 Å². The molecule has 0 aliphatic rings. The number of nitrogens with zero attached hydrogens (tertiary/aromatic N) is 2. The Morgan fingerprint density at radius 1 is 1.00 bits per heavy atom. The Kier molecular flexibility index (Phi) is 7.25. The molecular weight excluding hydrogens is 346 g/mol. The van der Waals surface area contributed by atoms with Gasteiger partial charge in [-0.1, -0.05) is 64.9 Å². The molecule has 2 aromatic carbocycles. The van der Waals surface area contributed by atoms with Crippen LogP contribution in [0, 0.1) is 0 Å². The first-order chi connectivity index (χ1) is 13.1. The van der Waals surface area contributed by atoms with Crippen LogP contribution in [0.4, 0.5) is 0 Å². The average Bonchev–Trinajstić information content (AvgIpc) is 2.72. The minimum absolute atomic E-state index is 0.0648. The average molecular weight is 367 g/mol. The number of carbonyl (C=O) groups excluding carboxylic acids is 2. The first-order valence-electron chi connectivity index (χ1n) is 8.26. The van der Waals surface area contributed by atoms with Crippen LogP contribution in [0.5, 0.6) is 0 Å². The van der Waals surface area contributed by atoms with E-state index < -0.39 is 0 Å². The molecule has 0 aliphatic carbocycles. The van der Waals surface area contributed by atoms with E-state index in [2.05, 4.69) is 15.6 Å². The number of oxime groups is 2. The first kappa shape index (κ1) is 19.8. The Labute approximate surface area is 157 Å². The van der Waals surface area contributed by atoms with Crippen LogP contribution in [-0.4, -0.2) is 37.3 Å². The van der Waals surface area contributed by atoms with E-state index in [0.29, 0.717) is 16.7 Å². The molecule has 0 unspecified atom stereocenters. The first-order valence-corrected chi connectivity index (χ1v) is 8.26. The van der Waals surface area contributed by atoms with Crippen LogP contribution >= 0.6 is 0 Å². The largest absolute Gasteiger partial charge is 0.398 e. The highest BCUT2D eigenvalue weighted by Gasteiger charge is 2.17. The zero-order valence-electron chi connectivity index (χ0n) is 15.4. The van der Waals surface area contributed by atoms with E-state index in [-0.39, 0.29) is 29.7 Å². The molecule has 0 saturated heterocycles. The van der Waals surface area contributed by atoms with Gasteiger partial charge in [0.05, 0.1) is 0 Å². The molecule has 27 heavy (non-hydrogen) atoms. The van der Waals surface area contributed by atoms with Gasteiger partial charge >= 0.3 is 0 Å². The molecule has 7 heteroatoms. The maximum Gasteiger partial charge on any atom is 0.273 e. The summed E-state index contributed by atoms with van der Waals surface area (Å²) in [4.78, 5) is 34.4. The second-order valence-corrected chi connectivity index (χ2v) is 5.50. The Morgan fingerprint density at radius 3 is 2.33 bits per heavy atom. The molecule has 0 aromatic heterocycles. The second-order valence-electron chi connectivity index (χ2n) is 5.50. The van der Waals surface area contributed by atoms with Gasteiger partial charge in [-0.05, 0) is 6.92 Å². The van der Waals surface area contributed by atoms with Crippen LogP contribution in [0.1, 0.15) is 28.4 Å². The molecule has 7 nitrogen and oxygen atoms in total. The third kappa shape index (κ3) is 5.24. The molecule has 2 aromatic rings.